The van der Waals surface area contributed by atoms with Crippen LogP contribution in [0.1, 0.15) is 16.2 Å². The molecule has 0 N–H and O–H groups in total. The van der Waals surface area contributed by atoms with E-state index in [1.54, 1.807) is 17.8 Å². The fourth-order valence-corrected chi connectivity index (χ4v) is 1.77. The Kier molecular flexibility index (Phi) is 3.12. The second-order valence-corrected chi connectivity index (χ2v) is 4.02. The van der Waals surface area contributed by atoms with E-state index in [0.29, 0.717) is 0 Å². The number of benzene rings is 1. The Hall–Kier alpha value is -2.21. The van der Waals surface area contributed by atoms with E-state index in [9.17, 15) is 14.9 Å². The van der Waals surface area contributed by atoms with Gasteiger partial charge in [-0.2, -0.15) is 0 Å². The monoisotopic (exact) mass is 265 g/mol. The average Bonchev–Trinajstić information content (AvgIpc) is 2.74. The minimum Gasteiger partial charge on any atom is -0.331 e. The molecular formula is C11H8ClN3O3. The second-order valence-electron chi connectivity index (χ2n) is 3.61. The number of carbonyl (C=O) groups excluding carboxylic acids is 1. The quantitative estimate of drug-likeness (QED) is 0.484. The van der Waals surface area contributed by atoms with Gasteiger partial charge in [0.05, 0.1) is 9.95 Å². The maximum atomic E-state index is 12.1. The third-order valence-electron chi connectivity index (χ3n) is 2.43. The predicted molar refractivity (Wildman–Crippen MR) is 64.7 cm³/mol. The molecule has 0 spiro atoms. The molecule has 1 aromatic carbocycles. The molecule has 7 heteroatoms. The molecule has 0 fully saturated rings. The number of nitro groups is 1. The first kappa shape index (κ1) is 12.3. The predicted octanol–water partition coefficient (Wildman–Crippen LogP) is 2.21. The average molecular weight is 266 g/mol. The van der Waals surface area contributed by atoms with E-state index >= 15 is 0 Å². The van der Waals surface area contributed by atoms with Gasteiger partial charge in [0.15, 0.2) is 5.82 Å². The standard InChI is InChI=1S/C11H8ClN3O3/c1-14-5-4-13-11(14)10(16)8-3-2-7(15(17)18)6-9(8)12/h2-6H,1H3. The number of aromatic nitrogens is 2. The van der Waals surface area contributed by atoms with Crippen LogP contribution in [0.5, 0.6) is 0 Å². The van der Waals surface area contributed by atoms with Crippen LogP contribution in [0.25, 0.3) is 0 Å². The van der Waals surface area contributed by atoms with E-state index < -0.39 is 4.92 Å². The summed E-state index contributed by atoms with van der Waals surface area (Å²) in [7, 11) is 1.68. The first-order chi connectivity index (χ1) is 8.50. The van der Waals surface area contributed by atoms with E-state index in [2.05, 4.69) is 4.98 Å². The molecule has 0 unspecified atom stereocenters. The van der Waals surface area contributed by atoms with Gasteiger partial charge >= 0.3 is 0 Å². The number of hydrogen-bond acceptors (Lipinski definition) is 4. The maximum Gasteiger partial charge on any atom is 0.270 e. The van der Waals surface area contributed by atoms with Crippen molar-refractivity contribution in [2.45, 2.75) is 0 Å². The molecule has 0 aliphatic carbocycles. The smallest absolute Gasteiger partial charge is 0.270 e. The van der Waals surface area contributed by atoms with Gasteiger partial charge in [-0.1, -0.05) is 11.6 Å². The fourth-order valence-electron chi connectivity index (χ4n) is 1.51. The summed E-state index contributed by atoms with van der Waals surface area (Å²) in [5.41, 5.74) is 0.0351. The van der Waals surface area contributed by atoms with E-state index in [1.165, 1.54) is 18.3 Å². The minimum absolute atomic E-state index is 0.0391. The molecule has 0 bridgehead atoms. The van der Waals surface area contributed by atoms with Gasteiger partial charge in [-0.25, -0.2) is 4.98 Å². The molecule has 0 radical (unpaired) electrons. The van der Waals surface area contributed by atoms with Crippen LogP contribution in [0.3, 0.4) is 0 Å². The van der Waals surface area contributed by atoms with E-state index in [1.807, 2.05) is 0 Å². The van der Waals surface area contributed by atoms with Crippen molar-refractivity contribution in [3.63, 3.8) is 0 Å². The molecular weight excluding hydrogens is 258 g/mol. The topological polar surface area (TPSA) is 78.0 Å². The molecule has 2 aromatic rings. The van der Waals surface area contributed by atoms with Crippen molar-refractivity contribution in [2.24, 2.45) is 7.05 Å². The lowest BCUT2D eigenvalue weighted by molar-refractivity contribution is -0.384. The Morgan fingerprint density at radius 2 is 2.22 bits per heavy atom. The number of rotatable bonds is 3. The van der Waals surface area contributed by atoms with Crippen LogP contribution < -0.4 is 0 Å². The van der Waals surface area contributed by atoms with Crippen LogP contribution in [0.4, 0.5) is 5.69 Å². The summed E-state index contributed by atoms with van der Waals surface area (Å²) in [6, 6.07) is 3.72. The summed E-state index contributed by atoms with van der Waals surface area (Å²) < 4.78 is 1.56. The molecule has 0 saturated heterocycles. The molecule has 1 heterocycles. The molecule has 0 saturated carbocycles. The number of hydrogen-bond donors (Lipinski definition) is 0. The number of carbonyl (C=O) groups is 1. The Morgan fingerprint density at radius 1 is 1.50 bits per heavy atom. The van der Waals surface area contributed by atoms with Crippen LogP contribution in [-0.4, -0.2) is 20.3 Å². The lowest BCUT2D eigenvalue weighted by atomic mass is 10.1. The molecule has 6 nitrogen and oxygen atoms in total. The largest absolute Gasteiger partial charge is 0.331 e. The zero-order valence-electron chi connectivity index (χ0n) is 9.33. The molecule has 92 valence electrons. The number of non-ortho nitro benzene ring substituents is 1. The normalized spacial score (nSPS) is 10.3. The van der Waals surface area contributed by atoms with Gasteiger partial charge in [0.1, 0.15) is 0 Å². The van der Waals surface area contributed by atoms with Gasteiger partial charge in [0.2, 0.25) is 5.78 Å². The molecule has 0 aliphatic rings. The molecule has 2 rings (SSSR count). The minimum atomic E-state index is -0.569. The van der Waals surface area contributed by atoms with Crippen molar-refractivity contribution in [1.82, 2.24) is 9.55 Å². The Bertz CT molecular complexity index is 636. The van der Waals surface area contributed by atoms with Crippen molar-refractivity contribution >= 4 is 23.1 Å². The fraction of sp³-hybridized carbons (Fsp3) is 0.0909. The summed E-state index contributed by atoms with van der Waals surface area (Å²) >= 11 is 5.88. The highest BCUT2D eigenvalue weighted by molar-refractivity contribution is 6.35. The summed E-state index contributed by atoms with van der Waals surface area (Å²) in [6.45, 7) is 0. The lowest BCUT2D eigenvalue weighted by Crippen LogP contribution is -2.09. The highest BCUT2D eigenvalue weighted by Gasteiger charge is 2.19. The number of nitrogens with zero attached hydrogens (tertiary/aromatic N) is 3. The van der Waals surface area contributed by atoms with Crippen molar-refractivity contribution in [1.29, 1.82) is 0 Å². The van der Waals surface area contributed by atoms with Crippen molar-refractivity contribution < 1.29 is 9.72 Å². The zero-order valence-corrected chi connectivity index (χ0v) is 10.1. The molecule has 0 atom stereocenters. The lowest BCUT2D eigenvalue weighted by Gasteiger charge is -2.03. The van der Waals surface area contributed by atoms with E-state index in [4.69, 9.17) is 11.6 Å². The molecule has 0 aliphatic heterocycles. The molecule has 1 aromatic heterocycles. The zero-order chi connectivity index (χ0) is 13.3. The summed E-state index contributed by atoms with van der Waals surface area (Å²) in [4.78, 5) is 26.0. The first-order valence-electron chi connectivity index (χ1n) is 4.96. The first-order valence-corrected chi connectivity index (χ1v) is 5.34. The van der Waals surface area contributed by atoms with Crippen LogP contribution in [0.15, 0.2) is 30.6 Å². The number of imidazole rings is 1. The molecule has 0 amide bonds. The maximum absolute atomic E-state index is 12.1. The Balaban J connectivity index is 2.44. The summed E-state index contributed by atoms with van der Waals surface area (Å²) in [5, 5.41) is 10.6. The highest BCUT2D eigenvalue weighted by atomic mass is 35.5. The number of halogens is 1. The third kappa shape index (κ3) is 2.10. The number of nitro benzene ring substituents is 1. The van der Waals surface area contributed by atoms with Crippen LogP contribution in [-0.2, 0) is 7.05 Å². The van der Waals surface area contributed by atoms with Crippen molar-refractivity contribution in [3.05, 3.63) is 57.1 Å². The highest BCUT2D eigenvalue weighted by Crippen LogP contribution is 2.24. The Morgan fingerprint density at radius 3 is 2.72 bits per heavy atom. The van der Waals surface area contributed by atoms with Crippen LogP contribution in [0.2, 0.25) is 5.02 Å². The van der Waals surface area contributed by atoms with E-state index in [0.717, 1.165) is 6.07 Å². The number of ketones is 1. The van der Waals surface area contributed by atoms with Crippen LogP contribution in [0, 0.1) is 10.1 Å². The Labute approximate surface area is 107 Å². The van der Waals surface area contributed by atoms with E-state index in [-0.39, 0.29) is 27.9 Å². The third-order valence-corrected chi connectivity index (χ3v) is 2.75. The van der Waals surface area contributed by atoms with Crippen molar-refractivity contribution in [2.75, 3.05) is 0 Å². The number of aryl methyl sites for hydroxylation is 1. The van der Waals surface area contributed by atoms with Crippen LogP contribution >= 0.6 is 11.6 Å². The van der Waals surface area contributed by atoms with Crippen molar-refractivity contribution in [3.8, 4) is 0 Å². The van der Waals surface area contributed by atoms with Gasteiger partial charge in [0.25, 0.3) is 5.69 Å². The summed E-state index contributed by atoms with van der Waals surface area (Å²) in [5.74, 6) is -0.145. The summed E-state index contributed by atoms with van der Waals surface area (Å²) in [6.07, 6.45) is 3.12. The second kappa shape index (κ2) is 4.58. The molecule has 18 heavy (non-hydrogen) atoms. The SMILES string of the molecule is Cn1ccnc1C(=O)c1ccc([N+](=O)[O-])cc1Cl. The van der Waals surface area contributed by atoms with Gasteiger partial charge in [-0.15, -0.1) is 0 Å². The van der Waals surface area contributed by atoms with Gasteiger partial charge in [-0.05, 0) is 6.07 Å². The van der Waals surface area contributed by atoms with Gasteiger partial charge < -0.3 is 4.57 Å². The van der Waals surface area contributed by atoms with Gasteiger partial charge in [0, 0.05) is 37.1 Å². The van der Waals surface area contributed by atoms with Gasteiger partial charge in [-0.3, -0.25) is 14.9 Å².